The van der Waals surface area contributed by atoms with Gasteiger partial charge >= 0.3 is 0 Å². The lowest BCUT2D eigenvalue weighted by atomic mass is 10.0. The van der Waals surface area contributed by atoms with Crippen LogP contribution in [-0.2, 0) is 6.42 Å². The van der Waals surface area contributed by atoms with Crippen LogP contribution in [0.25, 0.3) is 0 Å². The van der Waals surface area contributed by atoms with E-state index in [1.807, 2.05) is 6.07 Å². The number of phenolic OH excluding ortho intramolecular Hbond substituents is 1. The molecule has 0 bridgehead atoms. The van der Waals surface area contributed by atoms with Crippen molar-refractivity contribution in [3.8, 4) is 5.75 Å². The first-order chi connectivity index (χ1) is 9.16. The number of nitrogens with zero attached hydrogens (tertiary/aromatic N) is 1. The summed E-state index contributed by atoms with van der Waals surface area (Å²) < 4.78 is 0. The maximum absolute atomic E-state index is 12.5. The molecule has 2 N–H and O–H groups in total. The number of nitrogens with one attached hydrogen (secondary N) is 1. The average molecular weight is 277 g/mol. The van der Waals surface area contributed by atoms with Gasteiger partial charge in [0.05, 0.1) is 10.7 Å². The molecule has 0 unspecified atom stereocenters. The van der Waals surface area contributed by atoms with E-state index in [4.69, 9.17) is 11.6 Å². The number of hydrogen-bond acceptors (Lipinski definition) is 2. The van der Waals surface area contributed by atoms with Crippen LogP contribution in [0.2, 0.25) is 5.02 Å². The second-order valence-electron chi connectivity index (χ2n) is 4.58. The largest absolute Gasteiger partial charge is 0.506 e. The molecule has 1 aliphatic heterocycles. The minimum absolute atomic E-state index is 0.142. The smallest absolute Gasteiger partial charge is 0.274 e. The highest BCUT2D eigenvalue weighted by Crippen LogP contribution is 2.36. The van der Waals surface area contributed by atoms with Crippen molar-refractivity contribution >= 4 is 23.2 Å². The van der Waals surface area contributed by atoms with Crippen LogP contribution in [0.5, 0.6) is 5.75 Å². The van der Waals surface area contributed by atoms with E-state index in [1.54, 1.807) is 29.3 Å². The molecule has 0 atom stereocenters. The molecule has 0 saturated carbocycles. The Bertz CT molecular complexity index is 636. The molecule has 1 aromatic carbocycles. The Morgan fingerprint density at radius 3 is 3.00 bits per heavy atom. The summed E-state index contributed by atoms with van der Waals surface area (Å²) in [6.07, 6.45) is 3.33. The van der Waals surface area contributed by atoms with Gasteiger partial charge in [-0.2, -0.15) is 0 Å². The SMILES string of the molecule is O=C(c1cc(Cl)c[nH]1)N1CCCc2cccc(O)c21. The Balaban J connectivity index is 2.02. The van der Waals surface area contributed by atoms with Crippen LogP contribution in [0, 0.1) is 0 Å². The fourth-order valence-electron chi connectivity index (χ4n) is 2.47. The zero-order valence-corrected chi connectivity index (χ0v) is 10.9. The molecule has 1 amide bonds. The number of aromatic nitrogens is 1. The van der Waals surface area contributed by atoms with Crippen molar-refractivity contribution in [2.45, 2.75) is 12.8 Å². The lowest BCUT2D eigenvalue weighted by Crippen LogP contribution is -2.35. The number of carbonyl (C=O) groups is 1. The standard InChI is InChI=1S/C14H13ClN2O2/c15-10-7-11(16-8-10)14(19)17-6-2-4-9-3-1-5-12(18)13(9)17/h1,3,5,7-8,16,18H,2,4,6H2. The number of halogens is 1. The molecule has 0 fully saturated rings. The lowest BCUT2D eigenvalue weighted by molar-refractivity contribution is 0.0980. The van der Waals surface area contributed by atoms with E-state index in [-0.39, 0.29) is 11.7 Å². The minimum atomic E-state index is -0.172. The van der Waals surface area contributed by atoms with Crippen LogP contribution in [-0.4, -0.2) is 22.5 Å². The van der Waals surface area contributed by atoms with Crippen molar-refractivity contribution in [2.75, 3.05) is 11.4 Å². The molecule has 5 heteroatoms. The van der Waals surface area contributed by atoms with Crippen molar-refractivity contribution in [2.24, 2.45) is 0 Å². The Morgan fingerprint density at radius 1 is 1.42 bits per heavy atom. The predicted octanol–water partition coefficient (Wildman–Crippen LogP) is 2.97. The minimum Gasteiger partial charge on any atom is -0.506 e. The first kappa shape index (κ1) is 12.1. The van der Waals surface area contributed by atoms with E-state index in [2.05, 4.69) is 4.98 Å². The summed E-state index contributed by atoms with van der Waals surface area (Å²) in [5.41, 5.74) is 2.04. The lowest BCUT2D eigenvalue weighted by Gasteiger charge is -2.29. The summed E-state index contributed by atoms with van der Waals surface area (Å²) in [6, 6.07) is 6.94. The quantitative estimate of drug-likeness (QED) is 0.841. The van der Waals surface area contributed by atoms with E-state index in [0.717, 1.165) is 18.4 Å². The van der Waals surface area contributed by atoms with Gasteiger partial charge in [0.15, 0.2) is 0 Å². The summed E-state index contributed by atoms with van der Waals surface area (Å²) in [5.74, 6) is -0.0300. The van der Waals surface area contributed by atoms with E-state index in [1.165, 1.54) is 0 Å². The van der Waals surface area contributed by atoms with Gasteiger partial charge in [-0.1, -0.05) is 23.7 Å². The third-order valence-corrected chi connectivity index (χ3v) is 3.54. The molecule has 0 saturated heterocycles. The molecule has 0 radical (unpaired) electrons. The van der Waals surface area contributed by atoms with Gasteiger partial charge in [0.1, 0.15) is 11.4 Å². The Kier molecular flexibility index (Phi) is 2.95. The number of aromatic hydroxyl groups is 1. The van der Waals surface area contributed by atoms with Gasteiger partial charge in [-0.25, -0.2) is 0 Å². The van der Waals surface area contributed by atoms with E-state index >= 15 is 0 Å². The molecule has 2 aromatic rings. The predicted molar refractivity (Wildman–Crippen MR) is 73.9 cm³/mol. The summed E-state index contributed by atoms with van der Waals surface area (Å²) >= 11 is 5.82. The van der Waals surface area contributed by atoms with Crippen molar-refractivity contribution < 1.29 is 9.90 Å². The molecular weight excluding hydrogens is 264 g/mol. The maximum Gasteiger partial charge on any atom is 0.274 e. The normalized spacial score (nSPS) is 14.3. The van der Waals surface area contributed by atoms with Crippen LogP contribution in [0.15, 0.2) is 30.5 Å². The second-order valence-corrected chi connectivity index (χ2v) is 5.01. The van der Waals surface area contributed by atoms with Gasteiger partial charge in [0.25, 0.3) is 5.91 Å². The van der Waals surface area contributed by atoms with Gasteiger partial charge in [0.2, 0.25) is 0 Å². The Hall–Kier alpha value is -1.94. The number of aryl methyl sites for hydroxylation is 1. The summed E-state index contributed by atoms with van der Waals surface area (Å²) in [5, 5.41) is 10.5. The number of H-pyrrole nitrogens is 1. The molecule has 19 heavy (non-hydrogen) atoms. The highest BCUT2D eigenvalue weighted by molar-refractivity contribution is 6.31. The molecule has 98 valence electrons. The van der Waals surface area contributed by atoms with Gasteiger partial charge < -0.3 is 15.0 Å². The number of carbonyl (C=O) groups excluding carboxylic acids is 1. The molecule has 0 spiro atoms. The third-order valence-electron chi connectivity index (χ3n) is 3.32. The van der Waals surface area contributed by atoms with Gasteiger partial charge in [-0.15, -0.1) is 0 Å². The molecule has 3 rings (SSSR count). The highest BCUT2D eigenvalue weighted by Gasteiger charge is 2.26. The zero-order chi connectivity index (χ0) is 13.4. The van der Waals surface area contributed by atoms with Gasteiger partial charge in [0, 0.05) is 12.7 Å². The first-order valence-corrected chi connectivity index (χ1v) is 6.51. The molecule has 1 aromatic heterocycles. The number of amides is 1. The number of rotatable bonds is 1. The highest BCUT2D eigenvalue weighted by atomic mass is 35.5. The van der Waals surface area contributed by atoms with Crippen molar-refractivity contribution in [1.82, 2.24) is 4.98 Å². The summed E-state index contributed by atoms with van der Waals surface area (Å²) in [6.45, 7) is 0.597. The Morgan fingerprint density at radius 2 is 2.26 bits per heavy atom. The number of hydrogen-bond donors (Lipinski definition) is 2. The fraction of sp³-hybridized carbons (Fsp3) is 0.214. The van der Waals surface area contributed by atoms with Crippen molar-refractivity contribution in [3.05, 3.63) is 46.7 Å². The van der Waals surface area contributed by atoms with Crippen LogP contribution in [0.4, 0.5) is 5.69 Å². The molecule has 2 heterocycles. The number of para-hydroxylation sites is 1. The van der Waals surface area contributed by atoms with E-state index in [9.17, 15) is 9.90 Å². The molecule has 1 aliphatic rings. The monoisotopic (exact) mass is 276 g/mol. The first-order valence-electron chi connectivity index (χ1n) is 6.13. The summed E-state index contributed by atoms with van der Waals surface area (Å²) in [7, 11) is 0. The zero-order valence-electron chi connectivity index (χ0n) is 10.2. The number of anilines is 1. The number of phenols is 1. The Labute approximate surface area is 115 Å². The topological polar surface area (TPSA) is 56.3 Å². The number of fused-ring (bicyclic) bond motifs is 1. The van der Waals surface area contributed by atoms with Crippen LogP contribution < -0.4 is 4.90 Å². The average Bonchev–Trinajstić information content (AvgIpc) is 2.84. The van der Waals surface area contributed by atoms with Crippen LogP contribution >= 0.6 is 11.6 Å². The number of benzene rings is 1. The van der Waals surface area contributed by atoms with Crippen molar-refractivity contribution in [1.29, 1.82) is 0 Å². The molecule has 0 aliphatic carbocycles. The fourth-order valence-corrected chi connectivity index (χ4v) is 2.63. The maximum atomic E-state index is 12.5. The van der Waals surface area contributed by atoms with Crippen LogP contribution in [0.1, 0.15) is 22.5 Å². The molecular formula is C14H13ClN2O2. The third kappa shape index (κ3) is 2.08. The van der Waals surface area contributed by atoms with E-state index in [0.29, 0.717) is 22.9 Å². The van der Waals surface area contributed by atoms with Gasteiger partial charge in [-0.05, 0) is 30.5 Å². The van der Waals surface area contributed by atoms with Crippen molar-refractivity contribution in [3.63, 3.8) is 0 Å². The van der Waals surface area contributed by atoms with Gasteiger partial charge in [-0.3, -0.25) is 4.79 Å². The van der Waals surface area contributed by atoms with Crippen LogP contribution in [0.3, 0.4) is 0 Å². The second kappa shape index (κ2) is 4.63. The van der Waals surface area contributed by atoms with E-state index < -0.39 is 0 Å². The number of aromatic amines is 1. The molecule has 4 nitrogen and oxygen atoms in total. The summed E-state index contributed by atoms with van der Waals surface area (Å²) in [4.78, 5) is 16.9.